The summed E-state index contributed by atoms with van der Waals surface area (Å²) in [5.41, 5.74) is 0.743. The first-order valence-electron chi connectivity index (χ1n) is 15.9. The molecule has 0 saturated carbocycles. The number of amides is 3. The lowest BCUT2D eigenvalue weighted by molar-refractivity contribution is -0.148. The van der Waals surface area contributed by atoms with Gasteiger partial charge in [-0.1, -0.05) is 57.9 Å². The quantitative estimate of drug-likeness (QED) is 0.388. The number of hydrogen-bond donors (Lipinski definition) is 1. The van der Waals surface area contributed by atoms with Crippen LogP contribution in [0, 0.1) is 17.8 Å². The molecule has 1 aromatic carbocycles. The Bertz CT molecular complexity index is 1280. The van der Waals surface area contributed by atoms with E-state index in [4.69, 9.17) is 4.74 Å². The molecule has 9 heteroatoms. The Morgan fingerprint density at radius 2 is 1.67 bits per heavy atom. The molecule has 4 aliphatic rings. The van der Waals surface area contributed by atoms with Crippen LogP contribution in [0.3, 0.4) is 0 Å². The standard InChI is InChI=1S/C34H47N3O5S/c1-7-12-23(5)35-19-11-18-34-28(31(40)37(29(34)32(35)41)26(21-38)22(4)8-2)27-30(39)36(20-10-17-33(27,6)43-34)24-13-15-25(16-14-24)42-9-3/h10-11,13-18,22-23,26-29,38H,7-9,12,19-21H2,1-6H3/t22-,23?,26-,27+,28-,29?,33-,34-/m0/s1. The van der Waals surface area contributed by atoms with Gasteiger partial charge in [0.05, 0.1) is 35.8 Å². The van der Waals surface area contributed by atoms with Crippen molar-refractivity contribution < 1.29 is 24.2 Å². The SMILES string of the molecule is CCCC(C)N1CC=C[C@]23S[C@@]4(C)C=CCN(c5ccc(OCC)cc5)C(=O)[C@H]4[C@H]2C(=O)N([C@@H](CO)[C@@H](C)CC)C3C1=O. The number of rotatable bonds is 10. The minimum Gasteiger partial charge on any atom is -0.494 e. The Hall–Kier alpha value is -2.78. The third kappa shape index (κ3) is 5.10. The molecule has 1 aromatic rings. The summed E-state index contributed by atoms with van der Waals surface area (Å²) in [5, 5.41) is 10.7. The van der Waals surface area contributed by atoms with Crippen LogP contribution >= 0.6 is 11.8 Å². The lowest BCUT2D eigenvalue weighted by atomic mass is 9.74. The first kappa shape index (κ1) is 31.6. The van der Waals surface area contributed by atoms with Gasteiger partial charge in [0.2, 0.25) is 17.7 Å². The van der Waals surface area contributed by atoms with Gasteiger partial charge < -0.3 is 24.5 Å². The summed E-state index contributed by atoms with van der Waals surface area (Å²) >= 11 is 1.59. The first-order valence-corrected chi connectivity index (χ1v) is 16.7. The van der Waals surface area contributed by atoms with E-state index in [0.717, 1.165) is 30.7 Å². The van der Waals surface area contributed by atoms with E-state index in [1.54, 1.807) is 21.6 Å². The van der Waals surface area contributed by atoms with Crippen molar-refractivity contribution >= 4 is 35.2 Å². The topological polar surface area (TPSA) is 90.4 Å². The minimum absolute atomic E-state index is 0.00798. The highest BCUT2D eigenvalue weighted by atomic mass is 32.2. The van der Waals surface area contributed by atoms with Crippen LogP contribution in [0.25, 0.3) is 0 Å². The van der Waals surface area contributed by atoms with E-state index >= 15 is 0 Å². The summed E-state index contributed by atoms with van der Waals surface area (Å²) in [7, 11) is 0. The number of carbonyl (C=O) groups excluding carboxylic acids is 3. The summed E-state index contributed by atoms with van der Waals surface area (Å²) in [4.78, 5) is 49.5. The second kappa shape index (κ2) is 12.3. The molecule has 4 aliphatic heterocycles. The van der Waals surface area contributed by atoms with Gasteiger partial charge in [-0.2, -0.15) is 0 Å². The summed E-state index contributed by atoms with van der Waals surface area (Å²) in [6.07, 6.45) is 10.7. The number of benzene rings is 1. The summed E-state index contributed by atoms with van der Waals surface area (Å²) in [6.45, 7) is 13.4. The third-order valence-corrected chi connectivity index (χ3v) is 11.9. The molecule has 0 radical (unpaired) electrons. The van der Waals surface area contributed by atoms with Gasteiger partial charge in [-0.15, -0.1) is 11.8 Å². The van der Waals surface area contributed by atoms with Crippen molar-refractivity contribution in [3.8, 4) is 5.75 Å². The van der Waals surface area contributed by atoms with E-state index in [-0.39, 0.29) is 36.3 Å². The van der Waals surface area contributed by atoms with Crippen molar-refractivity contribution in [3.05, 3.63) is 48.6 Å². The highest BCUT2D eigenvalue weighted by Crippen LogP contribution is 2.66. The number of aliphatic hydroxyl groups is 1. The van der Waals surface area contributed by atoms with Crippen molar-refractivity contribution in [3.63, 3.8) is 0 Å². The predicted molar refractivity (Wildman–Crippen MR) is 171 cm³/mol. The number of nitrogens with zero attached hydrogens (tertiary/aromatic N) is 3. The zero-order chi connectivity index (χ0) is 31.1. The molecule has 2 unspecified atom stereocenters. The van der Waals surface area contributed by atoms with E-state index < -0.39 is 33.4 Å². The van der Waals surface area contributed by atoms with E-state index in [2.05, 4.69) is 26.0 Å². The van der Waals surface area contributed by atoms with Crippen LogP contribution in [0.2, 0.25) is 0 Å². The zero-order valence-electron chi connectivity index (χ0n) is 26.4. The number of thioether (sulfide) groups is 1. The fourth-order valence-corrected chi connectivity index (χ4v) is 9.89. The summed E-state index contributed by atoms with van der Waals surface area (Å²) < 4.78 is 3.99. The average molecular weight is 610 g/mol. The van der Waals surface area contributed by atoms with Crippen LogP contribution in [-0.4, -0.2) is 86.6 Å². The van der Waals surface area contributed by atoms with Crippen molar-refractivity contribution in [2.45, 2.75) is 88.4 Å². The van der Waals surface area contributed by atoms with E-state index in [1.807, 2.05) is 69.0 Å². The van der Waals surface area contributed by atoms with Crippen LogP contribution in [-0.2, 0) is 14.4 Å². The maximum atomic E-state index is 14.8. The lowest BCUT2D eigenvalue weighted by Gasteiger charge is -2.42. The normalized spacial score (nSPS) is 32.2. The van der Waals surface area contributed by atoms with Crippen molar-refractivity contribution in [1.82, 2.24) is 9.80 Å². The van der Waals surface area contributed by atoms with E-state index in [0.29, 0.717) is 19.7 Å². The van der Waals surface area contributed by atoms with Gasteiger partial charge >= 0.3 is 0 Å². The second-order valence-electron chi connectivity index (χ2n) is 12.7. The van der Waals surface area contributed by atoms with Gasteiger partial charge in [0, 0.05) is 29.6 Å². The molecule has 5 rings (SSSR count). The largest absolute Gasteiger partial charge is 0.494 e. The lowest BCUT2D eigenvalue weighted by Crippen LogP contribution is -2.59. The molecule has 4 heterocycles. The van der Waals surface area contributed by atoms with Crippen LogP contribution in [0.15, 0.2) is 48.6 Å². The highest BCUT2D eigenvalue weighted by molar-refractivity contribution is 8.02. The molecule has 8 nitrogen and oxygen atoms in total. The van der Waals surface area contributed by atoms with Gasteiger partial charge in [0.15, 0.2) is 0 Å². The van der Waals surface area contributed by atoms with Crippen LogP contribution < -0.4 is 9.64 Å². The van der Waals surface area contributed by atoms with Crippen molar-refractivity contribution in [2.75, 3.05) is 31.2 Å². The van der Waals surface area contributed by atoms with Crippen LogP contribution in [0.5, 0.6) is 5.75 Å². The maximum Gasteiger partial charge on any atom is 0.247 e. The molecule has 2 fully saturated rings. The van der Waals surface area contributed by atoms with Crippen molar-refractivity contribution in [2.24, 2.45) is 17.8 Å². The number of aliphatic hydroxyl groups excluding tert-OH is 1. The Morgan fingerprint density at radius 1 is 0.977 bits per heavy atom. The molecule has 1 N–H and O–H groups in total. The molecule has 3 amide bonds. The fraction of sp³-hybridized carbons (Fsp3) is 0.618. The monoisotopic (exact) mass is 609 g/mol. The molecule has 43 heavy (non-hydrogen) atoms. The predicted octanol–water partition coefficient (Wildman–Crippen LogP) is 4.67. The third-order valence-electron chi connectivity index (χ3n) is 10.1. The van der Waals surface area contributed by atoms with Gasteiger partial charge in [0.25, 0.3) is 0 Å². The Kier molecular flexibility index (Phi) is 9.06. The van der Waals surface area contributed by atoms with Gasteiger partial charge in [-0.05, 0) is 57.4 Å². The van der Waals surface area contributed by atoms with E-state index in [9.17, 15) is 19.5 Å². The Labute approximate surface area is 260 Å². The number of hydrogen-bond acceptors (Lipinski definition) is 6. The highest BCUT2D eigenvalue weighted by Gasteiger charge is 2.74. The smallest absolute Gasteiger partial charge is 0.247 e. The zero-order valence-corrected chi connectivity index (χ0v) is 27.2. The van der Waals surface area contributed by atoms with Gasteiger partial charge in [0.1, 0.15) is 11.8 Å². The Morgan fingerprint density at radius 3 is 2.30 bits per heavy atom. The molecule has 8 atom stereocenters. The molecule has 0 aliphatic carbocycles. The number of anilines is 1. The number of carbonyl (C=O) groups is 3. The van der Waals surface area contributed by atoms with Crippen LogP contribution in [0.1, 0.15) is 60.8 Å². The summed E-state index contributed by atoms with van der Waals surface area (Å²) in [5.74, 6) is -1.13. The second-order valence-corrected chi connectivity index (χ2v) is 14.5. The molecular weight excluding hydrogens is 562 g/mol. The maximum absolute atomic E-state index is 14.8. The fourth-order valence-electron chi connectivity index (χ4n) is 7.74. The molecule has 2 saturated heterocycles. The number of fused-ring (bicyclic) bond motifs is 2. The molecule has 234 valence electrons. The number of likely N-dealkylation sites (tertiary alicyclic amines) is 1. The average Bonchev–Trinajstić information content (AvgIpc) is 3.25. The van der Waals surface area contributed by atoms with Crippen LogP contribution in [0.4, 0.5) is 5.69 Å². The molecule has 1 spiro atoms. The molecule has 0 aromatic heterocycles. The Balaban J connectivity index is 1.63. The van der Waals surface area contributed by atoms with Gasteiger partial charge in [-0.3, -0.25) is 14.4 Å². The summed E-state index contributed by atoms with van der Waals surface area (Å²) in [6, 6.07) is 6.18. The van der Waals surface area contributed by atoms with Gasteiger partial charge in [-0.25, -0.2) is 0 Å². The van der Waals surface area contributed by atoms with E-state index in [1.165, 1.54) is 0 Å². The molecular formula is C34H47N3O5S. The minimum atomic E-state index is -0.934. The first-order chi connectivity index (χ1) is 20.6. The van der Waals surface area contributed by atoms with Crippen molar-refractivity contribution in [1.29, 1.82) is 0 Å². The molecule has 0 bridgehead atoms. The number of ether oxygens (including phenoxy) is 1.